The van der Waals surface area contributed by atoms with Crippen LogP contribution in [0.1, 0.15) is 13.3 Å². The zero-order valence-electron chi connectivity index (χ0n) is 11.9. The fraction of sp³-hybridized carbons (Fsp3) is 0.533. The summed E-state index contributed by atoms with van der Waals surface area (Å²) < 4.78 is 0. The van der Waals surface area contributed by atoms with Gasteiger partial charge in [-0.25, -0.2) is 0 Å². The second-order valence-corrected chi connectivity index (χ2v) is 5.47. The van der Waals surface area contributed by atoms with E-state index in [1.165, 1.54) is 0 Å². The summed E-state index contributed by atoms with van der Waals surface area (Å²) in [6.07, 6.45) is 0.978. The standard InChI is InChI=1S/C15H22ClN3O/c1-2-7-17-15(20)12-18-8-10-19(11-9-18)14-6-4-3-5-13(14)16/h3-6H,2,7-12H2,1H3,(H,17,20). The fourth-order valence-electron chi connectivity index (χ4n) is 2.38. The molecule has 1 fully saturated rings. The van der Waals surface area contributed by atoms with E-state index >= 15 is 0 Å². The van der Waals surface area contributed by atoms with E-state index in [1.54, 1.807) is 0 Å². The minimum Gasteiger partial charge on any atom is -0.368 e. The molecule has 1 aromatic carbocycles. The first-order chi connectivity index (χ1) is 9.70. The molecule has 1 aromatic rings. The molecule has 0 bridgehead atoms. The number of nitrogens with zero attached hydrogens (tertiary/aromatic N) is 2. The van der Waals surface area contributed by atoms with Gasteiger partial charge in [0.05, 0.1) is 17.3 Å². The van der Waals surface area contributed by atoms with Crippen LogP contribution < -0.4 is 10.2 Å². The molecule has 1 aliphatic heterocycles. The molecular formula is C15H22ClN3O. The van der Waals surface area contributed by atoms with Crippen LogP contribution >= 0.6 is 11.6 Å². The number of carbonyl (C=O) groups excluding carboxylic acids is 1. The van der Waals surface area contributed by atoms with E-state index in [2.05, 4.69) is 22.0 Å². The Hall–Kier alpha value is -1.26. The normalized spacial score (nSPS) is 16.2. The van der Waals surface area contributed by atoms with Gasteiger partial charge in [0, 0.05) is 32.7 Å². The number of hydrogen-bond acceptors (Lipinski definition) is 3. The highest BCUT2D eigenvalue weighted by Crippen LogP contribution is 2.25. The molecule has 2 rings (SSSR count). The minimum atomic E-state index is 0.123. The van der Waals surface area contributed by atoms with Crippen LogP contribution in [0, 0.1) is 0 Å². The second kappa shape index (κ2) is 7.50. The SMILES string of the molecule is CCCNC(=O)CN1CCN(c2ccccc2Cl)CC1. The predicted octanol–water partition coefficient (Wildman–Crippen LogP) is 1.99. The molecule has 5 heteroatoms. The predicted molar refractivity (Wildman–Crippen MR) is 83.4 cm³/mol. The van der Waals surface area contributed by atoms with Gasteiger partial charge in [-0.05, 0) is 18.6 Å². The molecule has 0 unspecified atom stereocenters. The van der Waals surface area contributed by atoms with Gasteiger partial charge in [-0.1, -0.05) is 30.7 Å². The molecule has 110 valence electrons. The fourth-order valence-corrected chi connectivity index (χ4v) is 2.63. The lowest BCUT2D eigenvalue weighted by atomic mass is 10.2. The first-order valence-electron chi connectivity index (χ1n) is 7.19. The quantitative estimate of drug-likeness (QED) is 0.902. The Morgan fingerprint density at radius 1 is 1.25 bits per heavy atom. The number of halogens is 1. The number of anilines is 1. The maximum Gasteiger partial charge on any atom is 0.234 e. The number of carbonyl (C=O) groups is 1. The van der Waals surface area contributed by atoms with E-state index in [9.17, 15) is 4.79 Å². The Morgan fingerprint density at radius 3 is 2.60 bits per heavy atom. The van der Waals surface area contributed by atoms with E-state index in [-0.39, 0.29) is 5.91 Å². The number of nitrogens with one attached hydrogen (secondary N) is 1. The topological polar surface area (TPSA) is 35.6 Å². The Morgan fingerprint density at radius 2 is 1.95 bits per heavy atom. The van der Waals surface area contributed by atoms with Crippen LogP contribution in [0.4, 0.5) is 5.69 Å². The van der Waals surface area contributed by atoms with Crippen LogP contribution in [0.2, 0.25) is 5.02 Å². The zero-order chi connectivity index (χ0) is 14.4. The summed E-state index contributed by atoms with van der Waals surface area (Å²) in [7, 11) is 0. The smallest absolute Gasteiger partial charge is 0.234 e. The molecule has 1 heterocycles. The summed E-state index contributed by atoms with van der Waals surface area (Å²) in [6.45, 7) is 6.92. The van der Waals surface area contributed by atoms with Crippen LogP contribution in [-0.2, 0) is 4.79 Å². The van der Waals surface area contributed by atoms with Crippen LogP contribution in [0.3, 0.4) is 0 Å². The number of amides is 1. The van der Waals surface area contributed by atoms with E-state index in [1.807, 2.05) is 24.3 Å². The molecule has 0 aliphatic carbocycles. The largest absolute Gasteiger partial charge is 0.368 e. The molecule has 4 nitrogen and oxygen atoms in total. The molecule has 0 saturated carbocycles. The Labute approximate surface area is 125 Å². The number of benzene rings is 1. The highest BCUT2D eigenvalue weighted by Gasteiger charge is 2.20. The van der Waals surface area contributed by atoms with Crippen molar-refractivity contribution < 1.29 is 4.79 Å². The molecule has 20 heavy (non-hydrogen) atoms. The minimum absolute atomic E-state index is 0.123. The third-order valence-corrected chi connectivity index (χ3v) is 3.82. The summed E-state index contributed by atoms with van der Waals surface area (Å²) in [5.74, 6) is 0.123. The van der Waals surface area contributed by atoms with Gasteiger partial charge in [-0.2, -0.15) is 0 Å². The van der Waals surface area contributed by atoms with Gasteiger partial charge in [-0.3, -0.25) is 9.69 Å². The monoisotopic (exact) mass is 295 g/mol. The number of rotatable bonds is 5. The molecule has 1 amide bonds. The van der Waals surface area contributed by atoms with E-state index in [0.29, 0.717) is 6.54 Å². The summed E-state index contributed by atoms with van der Waals surface area (Å²) in [5, 5.41) is 3.71. The Kier molecular flexibility index (Phi) is 5.68. The van der Waals surface area contributed by atoms with Gasteiger partial charge in [0.15, 0.2) is 0 Å². The average Bonchev–Trinajstić information content (AvgIpc) is 2.47. The number of para-hydroxylation sites is 1. The summed E-state index contributed by atoms with van der Waals surface area (Å²) in [5.41, 5.74) is 1.09. The van der Waals surface area contributed by atoms with Gasteiger partial charge in [-0.15, -0.1) is 0 Å². The van der Waals surface area contributed by atoms with Crippen molar-refractivity contribution in [1.82, 2.24) is 10.2 Å². The molecule has 1 N–H and O–H groups in total. The summed E-state index contributed by atoms with van der Waals surface area (Å²) >= 11 is 6.22. The summed E-state index contributed by atoms with van der Waals surface area (Å²) in [4.78, 5) is 16.2. The van der Waals surface area contributed by atoms with Crippen molar-refractivity contribution in [3.8, 4) is 0 Å². The maximum atomic E-state index is 11.7. The lowest BCUT2D eigenvalue weighted by Gasteiger charge is -2.36. The van der Waals surface area contributed by atoms with Crippen molar-refractivity contribution >= 4 is 23.2 Å². The van der Waals surface area contributed by atoms with E-state index in [0.717, 1.165) is 49.9 Å². The Bertz CT molecular complexity index is 444. The zero-order valence-corrected chi connectivity index (χ0v) is 12.7. The second-order valence-electron chi connectivity index (χ2n) is 5.06. The van der Waals surface area contributed by atoms with Crippen molar-refractivity contribution in [3.05, 3.63) is 29.3 Å². The maximum absolute atomic E-state index is 11.7. The first-order valence-corrected chi connectivity index (χ1v) is 7.57. The first kappa shape index (κ1) is 15.1. The van der Waals surface area contributed by atoms with E-state index < -0.39 is 0 Å². The van der Waals surface area contributed by atoms with Crippen molar-refractivity contribution in [2.75, 3.05) is 44.2 Å². The number of hydrogen-bond donors (Lipinski definition) is 1. The van der Waals surface area contributed by atoms with Crippen LogP contribution in [0.25, 0.3) is 0 Å². The van der Waals surface area contributed by atoms with Crippen LogP contribution in [-0.4, -0.2) is 50.1 Å². The lowest BCUT2D eigenvalue weighted by Crippen LogP contribution is -2.49. The van der Waals surface area contributed by atoms with Crippen molar-refractivity contribution in [3.63, 3.8) is 0 Å². The van der Waals surface area contributed by atoms with Crippen molar-refractivity contribution in [2.45, 2.75) is 13.3 Å². The van der Waals surface area contributed by atoms with E-state index in [4.69, 9.17) is 11.6 Å². The highest BCUT2D eigenvalue weighted by atomic mass is 35.5. The van der Waals surface area contributed by atoms with Crippen LogP contribution in [0.15, 0.2) is 24.3 Å². The molecule has 0 atom stereocenters. The molecule has 1 saturated heterocycles. The Balaban J connectivity index is 1.81. The lowest BCUT2D eigenvalue weighted by molar-refractivity contribution is -0.122. The van der Waals surface area contributed by atoms with Gasteiger partial charge < -0.3 is 10.2 Å². The van der Waals surface area contributed by atoms with Crippen molar-refractivity contribution in [2.24, 2.45) is 0 Å². The third kappa shape index (κ3) is 4.12. The summed E-state index contributed by atoms with van der Waals surface area (Å²) in [6, 6.07) is 7.92. The van der Waals surface area contributed by atoms with Crippen molar-refractivity contribution in [1.29, 1.82) is 0 Å². The van der Waals surface area contributed by atoms with Gasteiger partial charge in [0.1, 0.15) is 0 Å². The molecule has 0 radical (unpaired) electrons. The van der Waals surface area contributed by atoms with Crippen LogP contribution in [0.5, 0.6) is 0 Å². The van der Waals surface area contributed by atoms with Gasteiger partial charge in [0.2, 0.25) is 5.91 Å². The average molecular weight is 296 g/mol. The van der Waals surface area contributed by atoms with Gasteiger partial charge in [0.25, 0.3) is 0 Å². The molecule has 0 spiro atoms. The molecule has 0 aromatic heterocycles. The van der Waals surface area contributed by atoms with Gasteiger partial charge >= 0.3 is 0 Å². The number of piperazine rings is 1. The molecular weight excluding hydrogens is 274 g/mol. The molecule has 1 aliphatic rings. The third-order valence-electron chi connectivity index (χ3n) is 3.50. The highest BCUT2D eigenvalue weighted by molar-refractivity contribution is 6.33.